The summed E-state index contributed by atoms with van der Waals surface area (Å²) >= 11 is 0.760. The maximum atomic E-state index is 12.5. The number of carboxylic acid groups (broad SMARTS) is 1. The van der Waals surface area contributed by atoms with Gasteiger partial charge in [-0.15, -0.1) is 11.3 Å². The molecule has 1 fully saturated rings. The van der Waals surface area contributed by atoms with Gasteiger partial charge in [-0.1, -0.05) is 0 Å². The Hall–Kier alpha value is -1.45. The Kier molecular flexibility index (Phi) is 4.35. The molecule has 0 saturated carbocycles. The van der Waals surface area contributed by atoms with Crippen molar-refractivity contribution in [3.8, 4) is 0 Å². The van der Waals surface area contributed by atoms with Crippen molar-refractivity contribution in [3.63, 3.8) is 0 Å². The lowest BCUT2D eigenvalue weighted by Crippen LogP contribution is -2.37. The highest BCUT2D eigenvalue weighted by molar-refractivity contribution is 7.91. The Morgan fingerprint density at radius 1 is 1.48 bits per heavy atom. The van der Waals surface area contributed by atoms with Gasteiger partial charge in [0.05, 0.1) is 0 Å². The first-order valence-electron chi connectivity index (χ1n) is 6.33. The van der Waals surface area contributed by atoms with Gasteiger partial charge in [-0.3, -0.25) is 4.79 Å². The molecule has 2 rings (SSSR count). The number of nitrogens with zero attached hydrogens (tertiary/aromatic N) is 1. The molecule has 0 bridgehead atoms. The predicted molar refractivity (Wildman–Crippen MR) is 77.0 cm³/mol. The molecule has 1 unspecified atom stereocenters. The topological polar surface area (TPSA) is 104 Å². The van der Waals surface area contributed by atoms with Crippen molar-refractivity contribution in [2.45, 2.75) is 30.5 Å². The van der Waals surface area contributed by atoms with Gasteiger partial charge in [0.15, 0.2) is 0 Å². The van der Waals surface area contributed by atoms with Crippen molar-refractivity contribution in [2.75, 3.05) is 13.1 Å². The minimum Gasteiger partial charge on any atom is -0.477 e. The number of amides is 1. The van der Waals surface area contributed by atoms with Crippen LogP contribution < -0.4 is 5.32 Å². The minimum absolute atomic E-state index is 0.0286. The van der Waals surface area contributed by atoms with E-state index in [-0.39, 0.29) is 27.6 Å². The van der Waals surface area contributed by atoms with Crippen LogP contribution in [0.2, 0.25) is 0 Å². The molecule has 1 amide bonds. The second-order valence-electron chi connectivity index (χ2n) is 4.93. The molecule has 1 aliphatic heterocycles. The summed E-state index contributed by atoms with van der Waals surface area (Å²) in [5, 5.41) is 11.7. The maximum Gasteiger partial charge on any atom is 0.346 e. The van der Waals surface area contributed by atoms with Crippen LogP contribution >= 0.6 is 11.3 Å². The normalized spacial score (nSPS) is 19.6. The molecule has 2 heterocycles. The lowest BCUT2D eigenvalue weighted by Gasteiger charge is -2.15. The summed E-state index contributed by atoms with van der Waals surface area (Å²) < 4.78 is 26.3. The van der Waals surface area contributed by atoms with E-state index in [9.17, 15) is 18.0 Å². The van der Waals surface area contributed by atoms with E-state index in [1.165, 1.54) is 17.3 Å². The van der Waals surface area contributed by atoms with Gasteiger partial charge in [0.25, 0.3) is 10.0 Å². The first-order chi connectivity index (χ1) is 9.71. The summed E-state index contributed by atoms with van der Waals surface area (Å²) in [7, 11) is -3.71. The van der Waals surface area contributed by atoms with Crippen LogP contribution in [-0.2, 0) is 14.8 Å². The fraction of sp³-hybridized carbons (Fsp3) is 0.500. The van der Waals surface area contributed by atoms with Crippen LogP contribution in [-0.4, -0.2) is 48.8 Å². The number of sulfonamides is 1. The van der Waals surface area contributed by atoms with Crippen molar-refractivity contribution >= 4 is 33.2 Å². The Morgan fingerprint density at radius 2 is 2.14 bits per heavy atom. The second kappa shape index (κ2) is 5.74. The monoisotopic (exact) mass is 332 g/mol. The zero-order valence-corrected chi connectivity index (χ0v) is 13.3. The number of hydrogen-bond donors (Lipinski definition) is 2. The fourth-order valence-electron chi connectivity index (χ4n) is 2.27. The molecule has 0 aliphatic carbocycles. The van der Waals surface area contributed by atoms with Gasteiger partial charge in [-0.25, -0.2) is 13.2 Å². The van der Waals surface area contributed by atoms with Crippen LogP contribution in [0.25, 0.3) is 0 Å². The number of nitrogens with one attached hydrogen (secondary N) is 1. The third-order valence-corrected chi connectivity index (χ3v) is 6.78. The zero-order chi connectivity index (χ0) is 15.8. The number of hydrogen-bond acceptors (Lipinski definition) is 5. The highest BCUT2D eigenvalue weighted by atomic mass is 32.2. The van der Waals surface area contributed by atoms with Crippen LogP contribution in [0.15, 0.2) is 10.3 Å². The average molecular weight is 332 g/mol. The molecule has 0 aromatic carbocycles. The van der Waals surface area contributed by atoms with Gasteiger partial charge in [0.2, 0.25) is 5.91 Å². The van der Waals surface area contributed by atoms with E-state index in [0.29, 0.717) is 18.5 Å². The molecular formula is C12H16N2O5S2. The number of aromatic carboxylic acids is 1. The van der Waals surface area contributed by atoms with E-state index in [0.717, 1.165) is 11.3 Å². The van der Waals surface area contributed by atoms with Gasteiger partial charge in [0.1, 0.15) is 9.09 Å². The van der Waals surface area contributed by atoms with E-state index in [1.807, 2.05) is 0 Å². The van der Waals surface area contributed by atoms with E-state index in [4.69, 9.17) is 5.11 Å². The third kappa shape index (κ3) is 3.25. The van der Waals surface area contributed by atoms with E-state index >= 15 is 0 Å². The largest absolute Gasteiger partial charge is 0.477 e. The van der Waals surface area contributed by atoms with Crippen molar-refractivity contribution in [3.05, 3.63) is 16.5 Å². The molecule has 1 atom stereocenters. The van der Waals surface area contributed by atoms with Crippen molar-refractivity contribution in [1.29, 1.82) is 0 Å². The summed E-state index contributed by atoms with van der Waals surface area (Å²) in [5.74, 6) is -1.32. The highest BCUT2D eigenvalue weighted by Crippen LogP contribution is 2.30. The summed E-state index contributed by atoms with van der Waals surface area (Å²) in [6.45, 7) is 3.48. The smallest absolute Gasteiger partial charge is 0.346 e. The van der Waals surface area contributed by atoms with Gasteiger partial charge in [0, 0.05) is 26.1 Å². The molecular weight excluding hydrogens is 316 g/mol. The summed E-state index contributed by atoms with van der Waals surface area (Å²) in [6, 6.07) is 1.19. The summed E-state index contributed by atoms with van der Waals surface area (Å²) in [5.41, 5.74) is 0.434. The Balaban J connectivity index is 2.21. The molecule has 1 aromatic heterocycles. The number of thiophene rings is 1. The molecule has 2 N–H and O–H groups in total. The van der Waals surface area contributed by atoms with E-state index in [1.54, 1.807) is 6.92 Å². The number of carbonyl (C=O) groups is 2. The molecule has 7 nitrogen and oxygen atoms in total. The number of rotatable bonds is 4. The zero-order valence-electron chi connectivity index (χ0n) is 11.6. The Bertz CT molecular complexity index is 680. The SMILES string of the molecule is CC(=O)NC1CCN(S(=O)(=O)c2cc(C)c(C(=O)O)s2)C1. The first-order valence-corrected chi connectivity index (χ1v) is 8.58. The van der Waals surface area contributed by atoms with Crippen LogP contribution in [0.5, 0.6) is 0 Å². The minimum atomic E-state index is -3.71. The van der Waals surface area contributed by atoms with E-state index in [2.05, 4.69) is 5.32 Å². The second-order valence-corrected chi connectivity index (χ2v) is 8.15. The fourth-order valence-corrected chi connectivity index (χ4v) is 5.31. The van der Waals surface area contributed by atoms with Crippen LogP contribution in [0.4, 0.5) is 0 Å². The molecule has 116 valence electrons. The quantitative estimate of drug-likeness (QED) is 0.843. The van der Waals surface area contributed by atoms with Gasteiger partial charge < -0.3 is 10.4 Å². The van der Waals surface area contributed by atoms with Crippen molar-refractivity contribution < 1.29 is 23.1 Å². The molecule has 1 saturated heterocycles. The average Bonchev–Trinajstić information content (AvgIpc) is 2.95. The lowest BCUT2D eigenvalue weighted by atomic mass is 10.3. The lowest BCUT2D eigenvalue weighted by molar-refractivity contribution is -0.119. The third-order valence-electron chi connectivity index (χ3n) is 3.24. The van der Waals surface area contributed by atoms with Crippen molar-refractivity contribution in [2.24, 2.45) is 0 Å². The molecule has 0 radical (unpaired) electrons. The highest BCUT2D eigenvalue weighted by Gasteiger charge is 2.34. The molecule has 21 heavy (non-hydrogen) atoms. The predicted octanol–water partition coefficient (Wildman–Crippen LogP) is 0.654. The molecule has 1 aromatic rings. The number of carbonyl (C=O) groups excluding carboxylic acids is 1. The van der Waals surface area contributed by atoms with Gasteiger partial charge >= 0.3 is 5.97 Å². The van der Waals surface area contributed by atoms with Gasteiger partial charge in [-0.2, -0.15) is 4.31 Å². The number of aryl methyl sites for hydroxylation is 1. The molecule has 0 spiro atoms. The standard InChI is InChI=1S/C12H16N2O5S2/c1-7-5-10(20-11(7)12(16)17)21(18,19)14-4-3-9(6-14)13-8(2)15/h5,9H,3-4,6H2,1-2H3,(H,13,15)(H,16,17). The summed E-state index contributed by atoms with van der Waals surface area (Å²) in [6.07, 6.45) is 0.551. The molecule has 9 heteroatoms. The number of carboxylic acids is 1. The van der Waals surface area contributed by atoms with Gasteiger partial charge in [-0.05, 0) is 25.0 Å². The maximum absolute atomic E-state index is 12.5. The van der Waals surface area contributed by atoms with Crippen LogP contribution in [0.1, 0.15) is 28.6 Å². The van der Waals surface area contributed by atoms with E-state index < -0.39 is 16.0 Å². The first kappa shape index (κ1) is 15.9. The van der Waals surface area contributed by atoms with Crippen LogP contribution in [0.3, 0.4) is 0 Å². The summed E-state index contributed by atoms with van der Waals surface area (Å²) in [4.78, 5) is 22.1. The Labute approximate surface area is 126 Å². The van der Waals surface area contributed by atoms with Crippen LogP contribution in [0, 0.1) is 6.92 Å². The molecule has 1 aliphatic rings. The van der Waals surface area contributed by atoms with Crippen molar-refractivity contribution in [1.82, 2.24) is 9.62 Å². The Morgan fingerprint density at radius 3 is 2.67 bits per heavy atom.